The van der Waals surface area contributed by atoms with Crippen molar-refractivity contribution in [2.75, 3.05) is 12.4 Å². The zero-order chi connectivity index (χ0) is 20.1. The molecule has 0 radical (unpaired) electrons. The standard InChI is InChI=1S/C19H17IN2O5S/c1-26-18-9-4-13(11-17(18)20)19(23)22-14-5-7-16(8-6-14)28(24,25)21-12-15-3-2-10-27-15/h2-11,21H,12H2,1H3,(H,22,23). The van der Waals surface area contributed by atoms with Gasteiger partial charge in [-0.05, 0) is 77.2 Å². The van der Waals surface area contributed by atoms with Crippen LogP contribution >= 0.6 is 22.6 Å². The van der Waals surface area contributed by atoms with Gasteiger partial charge in [0.05, 0.1) is 28.4 Å². The average molecular weight is 512 g/mol. The van der Waals surface area contributed by atoms with E-state index in [1.54, 1.807) is 37.4 Å². The normalized spacial score (nSPS) is 11.2. The quantitative estimate of drug-likeness (QED) is 0.472. The van der Waals surface area contributed by atoms with E-state index in [9.17, 15) is 13.2 Å². The fourth-order valence-corrected chi connectivity index (χ4v) is 4.12. The topological polar surface area (TPSA) is 97.6 Å². The van der Waals surface area contributed by atoms with Crippen molar-refractivity contribution in [1.82, 2.24) is 4.72 Å². The monoisotopic (exact) mass is 512 g/mol. The van der Waals surface area contributed by atoms with E-state index in [0.29, 0.717) is 22.8 Å². The number of methoxy groups -OCH3 is 1. The Hall–Kier alpha value is -2.37. The number of sulfonamides is 1. The van der Waals surface area contributed by atoms with Gasteiger partial charge in [0, 0.05) is 11.3 Å². The zero-order valence-corrected chi connectivity index (χ0v) is 17.8. The van der Waals surface area contributed by atoms with Crippen molar-refractivity contribution in [3.63, 3.8) is 0 Å². The number of rotatable bonds is 7. The van der Waals surface area contributed by atoms with Crippen LogP contribution in [-0.2, 0) is 16.6 Å². The molecular formula is C19H17IN2O5S. The highest BCUT2D eigenvalue weighted by molar-refractivity contribution is 14.1. The van der Waals surface area contributed by atoms with Crippen molar-refractivity contribution in [3.05, 3.63) is 75.8 Å². The molecule has 0 aliphatic heterocycles. The highest BCUT2D eigenvalue weighted by Crippen LogP contribution is 2.22. The first-order chi connectivity index (χ1) is 13.4. The summed E-state index contributed by atoms with van der Waals surface area (Å²) in [4.78, 5) is 12.5. The summed E-state index contributed by atoms with van der Waals surface area (Å²) in [7, 11) is -2.12. The van der Waals surface area contributed by atoms with E-state index >= 15 is 0 Å². The van der Waals surface area contributed by atoms with Gasteiger partial charge in [0.15, 0.2) is 0 Å². The fourth-order valence-electron chi connectivity index (χ4n) is 2.39. The highest BCUT2D eigenvalue weighted by atomic mass is 127. The van der Waals surface area contributed by atoms with Crippen LogP contribution in [0.2, 0.25) is 0 Å². The van der Waals surface area contributed by atoms with Gasteiger partial charge in [-0.3, -0.25) is 4.79 Å². The molecule has 1 amide bonds. The van der Waals surface area contributed by atoms with Crippen LogP contribution in [0.15, 0.2) is 70.2 Å². The second-order valence-corrected chi connectivity index (χ2v) is 8.66. The summed E-state index contributed by atoms with van der Waals surface area (Å²) in [6, 6.07) is 14.4. The summed E-state index contributed by atoms with van der Waals surface area (Å²) < 4.78 is 38.2. The summed E-state index contributed by atoms with van der Waals surface area (Å²) >= 11 is 2.09. The van der Waals surface area contributed by atoms with Crippen LogP contribution in [0.5, 0.6) is 5.75 Å². The number of halogens is 1. The molecular weight excluding hydrogens is 495 g/mol. The third-order valence-corrected chi connectivity index (χ3v) is 6.11. The first-order valence-electron chi connectivity index (χ1n) is 8.16. The van der Waals surface area contributed by atoms with Crippen LogP contribution in [0.4, 0.5) is 5.69 Å². The van der Waals surface area contributed by atoms with Gasteiger partial charge >= 0.3 is 0 Å². The largest absolute Gasteiger partial charge is 0.496 e. The fraction of sp³-hybridized carbons (Fsp3) is 0.105. The number of carbonyl (C=O) groups is 1. The lowest BCUT2D eigenvalue weighted by Crippen LogP contribution is -2.23. The summed E-state index contributed by atoms with van der Waals surface area (Å²) in [6.45, 7) is 0.0595. The Kier molecular flexibility index (Phi) is 6.37. The molecule has 0 bridgehead atoms. The predicted octanol–water partition coefficient (Wildman–Crippen LogP) is 3.62. The average Bonchev–Trinajstić information content (AvgIpc) is 3.20. The summed E-state index contributed by atoms with van der Waals surface area (Å²) in [5.41, 5.74) is 0.961. The number of hydrogen-bond donors (Lipinski definition) is 2. The van der Waals surface area contributed by atoms with Crippen molar-refractivity contribution < 1.29 is 22.4 Å². The lowest BCUT2D eigenvalue weighted by Gasteiger charge is -2.09. The lowest BCUT2D eigenvalue weighted by atomic mass is 10.2. The molecule has 0 aliphatic rings. The molecule has 0 unspecified atom stereocenters. The Morgan fingerprint density at radius 2 is 1.89 bits per heavy atom. The van der Waals surface area contributed by atoms with Gasteiger partial charge in [-0.15, -0.1) is 0 Å². The first kappa shape index (κ1) is 20.4. The summed E-state index contributed by atoms with van der Waals surface area (Å²) in [5.74, 6) is 0.905. The molecule has 0 aliphatic carbocycles. The molecule has 28 heavy (non-hydrogen) atoms. The first-order valence-corrected chi connectivity index (χ1v) is 10.7. The molecule has 2 N–H and O–H groups in total. The minimum Gasteiger partial charge on any atom is -0.496 e. The maximum Gasteiger partial charge on any atom is 0.255 e. The van der Waals surface area contributed by atoms with Gasteiger partial charge in [-0.1, -0.05) is 0 Å². The number of carbonyl (C=O) groups excluding carboxylic acids is 1. The van der Waals surface area contributed by atoms with E-state index in [4.69, 9.17) is 9.15 Å². The SMILES string of the molecule is COc1ccc(C(=O)Nc2ccc(S(=O)(=O)NCc3ccco3)cc2)cc1I. The molecule has 2 aromatic carbocycles. The Morgan fingerprint density at radius 3 is 2.50 bits per heavy atom. The molecule has 0 fully saturated rings. The summed E-state index contributed by atoms with van der Waals surface area (Å²) in [6.07, 6.45) is 1.48. The predicted molar refractivity (Wildman–Crippen MR) is 113 cm³/mol. The number of amides is 1. The van der Waals surface area contributed by atoms with Crippen LogP contribution in [0, 0.1) is 3.57 Å². The van der Waals surface area contributed by atoms with E-state index in [2.05, 4.69) is 32.6 Å². The van der Waals surface area contributed by atoms with Crippen LogP contribution in [0.1, 0.15) is 16.1 Å². The van der Waals surface area contributed by atoms with E-state index in [1.165, 1.54) is 30.5 Å². The van der Waals surface area contributed by atoms with Gasteiger partial charge in [-0.25, -0.2) is 13.1 Å². The Morgan fingerprint density at radius 1 is 1.14 bits per heavy atom. The van der Waals surface area contributed by atoms with Gasteiger partial charge in [0.25, 0.3) is 5.91 Å². The molecule has 146 valence electrons. The molecule has 0 atom stereocenters. The minimum atomic E-state index is -3.68. The highest BCUT2D eigenvalue weighted by Gasteiger charge is 2.15. The number of hydrogen-bond acceptors (Lipinski definition) is 5. The Labute approximate surface area is 176 Å². The molecule has 0 saturated carbocycles. The molecule has 3 aromatic rings. The smallest absolute Gasteiger partial charge is 0.255 e. The molecule has 7 nitrogen and oxygen atoms in total. The second kappa shape index (κ2) is 8.76. The maximum atomic E-state index is 12.4. The van der Waals surface area contributed by atoms with Crippen molar-refractivity contribution in [3.8, 4) is 5.75 Å². The third-order valence-electron chi connectivity index (χ3n) is 3.85. The van der Waals surface area contributed by atoms with Gasteiger partial charge in [-0.2, -0.15) is 0 Å². The number of furan rings is 1. The Balaban J connectivity index is 1.66. The maximum absolute atomic E-state index is 12.4. The van der Waals surface area contributed by atoms with Gasteiger partial charge in [0.2, 0.25) is 10.0 Å². The van der Waals surface area contributed by atoms with E-state index in [1.807, 2.05) is 0 Å². The Bertz CT molecular complexity index is 1060. The summed E-state index contributed by atoms with van der Waals surface area (Å²) in [5, 5.41) is 2.74. The molecule has 0 saturated heterocycles. The number of nitrogens with one attached hydrogen (secondary N) is 2. The van der Waals surface area contributed by atoms with Gasteiger partial charge in [0.1, 0.15) is 11.5 Å². The lowest BCUT2D eigenvalue weighted by molar-refractivity contribution is 0.102. The molecule has 0 spiro atoms. The van der Waals surface area contributed by atoms with Crippen LogP contribution in [0.3, 0.4) is 0 Å². The molecule has 1 aromatic heterocycles. The molecule has 9 heteroatoms. The van der Waals surface area contributed by atoms with Crippen molar-refractivity contribution in [2.24, 2.45) is 0 Å². The van der Waals surface area contributed by atoms with Gasteiger partial charge < -0.3 is 14.5 Å². The van der Waals surface area contributed by atoms with E-state index < -0.39 is 10.0 Å². The molecule has 1 heterocycles. The second-order valence-electron chi connectivity index (χ2n) is 5.73. The van der Waals surface area contributed by atoms with E-state index in [-0.39, 0.29) is 17.3 Å². The van der Waals surface area contributed by atoms with Crippen molar-refractivity contribution >= 4 is 44.2 Å². The van der Waals surface area contributed by atoms with Crippen molar-refractivity contribution in [1.29, 1.82) is 0 Å². The van der Waals surface area contributed by atoms with Crippen LogP contribution in [0.25, 0.3) is 0 Å². The zero-order valence-electron chi connectivity index (χ0n) is 14.8. The molecule has 3 rings (SSSR count). The van der Waals surface area contributed by atoms with Crippen LogP contribution < -0.4 is 14.8 Å². The van der Waals surface area contributed by atoms with E-state index in [0.717, 1.165) is 3.57 Å². The minimum absolute atomic E-state index is 0.0595. The third kappa shape index (κ3) is 4.91. The van der Waals surface area contributed by atoms with Crippen molar-refractivity contribution in [2.45, 2.75) is 11.4 Å². The van der Waals surface area contributed by atoms with Crippen LogP contribution in [-0.4, -0.2) is 21.4 Å². The number of benzene rings is 2. The number of ether oxygens (including phenoxy) is 1. The number of anilines is 1.